The third-order valence-corrected chi connectivity index (χ3v) is 2.92. The van der Waals surface area contributed by atoms with Gasteiger partial charge in [-0.25, -0.2) is 9.59 Å². The van der Waals surface area contributed by atoms with Crippen LogP contribution in [0, 0.1) is 6.92 Å². The van der Waals surface area contributed by atoms with Gasteiger partial charge in [0.25, 0.3) is 0 Å². The largest absolute Gasteiger partial charge is 0.477 e. The monoisotopic (exact) mass is 288 g/mol. The van der Waals surface area contributed by atoms with Crippen LogP contribution in [-0.2, 0) is 6.54 Å². The molecule has 0 saturated carbocycles. The number of amides is 2. The first kappa shape index (κ1) is 14.6. The first-order valence-electron chi connectivity index (χ1n) is 6.31. The standard InChI is InChI=1S/C14H16N4O3/c1-9-7-11(12(16-9)13(19)20)17-14(21)18(2)8-10-3-5-15-6-4-10/h3-7,16H,8H2,1-2H3,(H,17,21)(H,19,20). The number of anilines is 1. The summed E-state index contributed by atoms with van der Waals surface area (Å²) in [7, 11) is 1.63. The normalized spacial score (nSPS) is 10.2. The molecule has 21 heavy (non-hydrogen) atoms. The highest BCUT2D eigenvalue weighted by Gasteiger charge is 2.17. The molecule has 0 aliphatic carbocycles. The number of aromatic carboxylic acids is 1. The number of aromatic nitrogens is 2. The Morgan fingerprint density at radius 3 is 2.67 bits per heavy atom. The summed E-state index contributed by atoms with van der Waals surface area (Å²) in [4.78, 5) is 31.2. The Balaban J connectivity index is 2.06. The van der Waals surface area contributed by atoms with Gasteiger partial charge < -0.3 is 20.3 Å². The zero-order valence-electron chi connectivity index (χ0n) is 11.8. The van der Waals surface area contributed by atoms with Crippen molar-refractivity contribution in [1.82, 2.24) is 14.9 Å². The zero-order valence-corrected chi connectivity index (χ0v) is 11.8. The van der Waals surface area contributed by atoms with E-state index in [0.717, 1.165) is 5.56 Å². The molecule has 2 rings (SSSR count). The molecule has 7 nitrogen and oxygen atoms in total. The lowest BCUT2D eigenvalue weighted by Gasteiger charge is -2.17. The molecular formula is C14H16N4O3. The van der Waals surface area contributed by atoms with Crippen LogP contribution >= 0.6 is 0 Å². The fraction of sp³-hybridized carbons (Fsp3) is 0.214. The molecule has 0 atom stereocenters. The van der Waals surface area contributed by atoms with Gasteiger partial charge in [0.05, 0.1) is 5.69 Å². The Morgan fingerprint density at radius 1 is 1.38 bits per heavy atom. The quantitative estimate of drug-likeness (QED) is 0.802. The number of hydrogen-bond donors (Lipinski definition) is 3. The number of H-pyrrole nitrogens is 1. The van der Waals surface area contributed by atoms with E-state index in [4.69, 9.17) is 5.11 Å². The van der Waals surface area contributed by atoms with Crippen molar-refractivity contribution in [3.8, 4) is 0 Å². The topological polar surface area (TPSA) is 98.3 Å². The van der Waals surface area contributed by atoms with E-state index in [9.17, 15) is 9.59 Å². The number of nitrogens with one attached hydrogen (secondary N) is 2. The summed E-state index contributed by atoms with van der Waals surface area (Å²) in [5, 5.41) is 11.7. The number of rotatable bonds is 4. The van der Waals surface area contributed by atoms with E-state index < -0.39 is 5.97 Å². The van der Waals surface area contributed by atoms with Crippen LogP contribution in [0.25, 0.3) is 0 Å². The van der Waals surface area contributed by atoms with E-state index >= 15 is 0 Å². The predicted octanol–water partition coefficient (Wildman–Crippen LogP) is 2.08. The van der Waals surface area contributed by atoms with Crippen LogP contribution in [0.1, 0.15) is 21.7 Å². The maximum Gasteiger partial charge on any atom is 0.354 e. The minimum Gasteiger partial charge on any atom is -0.477 e. The average Bonchev–Trinajstić information content (AvgIpc) is 2.81. The van der Waals surface area contributed by atoms with E-state index in [1.54, 1.807) is 32.4 Å². The molecule has 0 aliphatic heterocycles. The van der Waals surface area contributed by atoms with Crippen LogP contribution in [0.5, 0.6) is 0 Å². The SMILES string of the molecule is Cc1cc(NC(=O)N(C)Cc2ccncc2)c(C(=O)O)[nH]1. The maximum absolute atomic E-state index is 12.1. The zero-order chi connectivity index (χ0) is 15.4. The van der Waals surface area contributed by atoms with Crippen LogP contribution in [0.15, 0.2) is 30.6 Å². The van der Waals surface area contributed by atoms with E-state index in [1.165, 1.54) is 4.90 Å². The number of carbonyl (C=O) groups is 2. The lowest BCUT2D eigenvalue weighted by molar-refractivity contribution is 0.0692. The number of carboxylic acid groups (broad SMARTS) is 1. The Morgan fingerprint density at radius 2 is 2.05 bits per heavy atom. The van der Waals surface area contributed by atoms with Gasteiger partial charge in [0, 0.05) is 31.7 Å². The van der Waals surface area contributed by atoms with Gasteiger partial charge in [-0.2, -0.15) is 0 Å². The molecule has 110 valence electrons. The second kappa shape index (κ2) is 6.08. The Labute approximate surface area is 121 Å². The number of pyridine rings is 1. The van der Waals surface area contributed by atoms with Gasteiger partial charge in [-0.15, -0.1) is 0 Å². The van der Waals surface area contributed by atoms with Crippen LogP contribution in [0.3, 0.4) is 0 Å². The molecule has 3 N–H and O–H groups in total. The molecule has 0 aromatic carbocycles. The van der Waals surface area contributed by atoms with Crippen molar-refractivity contribution in [1.29, 1.82) is 0 Å². The second-order valence-electron chi connectivity index (χ2n) is 4.69. The third-order valence-electron chi connectivity index (χ3n) is 2.92. The van der Waals surface area contributed by atoms with Crippen molar-refractivity contribution in [2.45, 2.75) is 13.5 Å². The smallest absolute Gasteiger partial charge is 0.354 e. The highest BCUT2D eigenvalue weighted by atomic mass is 16.4. The lowest BCUT2D eigenvalue weighted by atomic mass is 10.2. The van der Waals surface area contributed by atoms with Crippen molar-refractivity contribution >= 4 is 17.7 Å². The fourth-order valence-corrected chi connectivity index (χ4v) is 1.90. The molecule has 0 saturated heterocycles. The van der Waals surface area contributed by atoms with E-state index in [2.05, 4.69) is 15.3 Å². The Kier molecular flexibility index (Phi) is 4.22. The summed E-state index contributed by atoms with van der Waals surface area (Å²) in [6.45, 7) is 2.13. The molecular weight excluding hydrogens is 272 g/mol. The van der Waals surface area contributed by atoms with Gasteiger partial charge in [-0.05, 0) is 30.7 Å². The molecule has 2 amide bonds. The molecule has 2 heterocycles. The van der Waals surface area contributed by atoms with Crippen molar-refractivity contribution < 1.29 is 14.7 Å². The second-order valence-corrected chi connectivity index (χ2v) is 4.69. The Bertz CT molecular complexity index is 651. The fourth-order valence-electron chi connectivity index (χ4n) is 1.90. The molecule has 0 aliphatic rings. The molecule has 0 radical (unpaired) electrons. The highest BCUT2D eigenvalue weighted by molar-refractivity contribution is 5.99. The van der Waals surface area contributed by atoms with Gasteiger partial charge >= 0.3 is 12.0 Å². The maximum atomic E-state index is 12.1. The first-order valence-corrected chi connectivity index (χ1v) is 6.31. The highest BCUT2D eigenvalue weighted by Crippen LogP contribution is 2.17. The number of aromatic amines is 1. The number of carboxylic acids is 1. The van der Waals surface area contributed by atoms with Gasteiger partial charge in [0.15, 0.2) is 0 Å². The summed E-state index contributed by atoms with van der Waals surface area (Å²) in [6.07, 6.45) is 3.30. The van der Waals surface area contributed by atoms with Crippen LogP contribution < -0.4 is 5.32 Å². The van der Waals surface area contributed by atoms with Crippen LogP contribution in [-0.4, -0.2) is 39.0 Å². The molecule has 2 aromatic rings. The lowest BCUT2D eigenvalue weighted by Crippen LogP contribution is -2.31. The van der Waals surface area contributed by atoms with Gasteiger partial charge in [0.2, 0.25) is 0 Å². The van der Waals surface area contributed by atoms with Crippen molar-refractivity contribution in [2.75, 3.05) is 12.4 Å². The van der Waals surface area contributed by atoms with Gasteiger partial charge in [0.1, 0.15) is 5.69 Å². The minimum atomic E-state index is -1.12. The van der Waals surface area contributed by atoms with E-state index in [0.29, 0.717) is 12.2 Å². The molecule has 0 unspecified atom stereocenters. The van der Waals surface area contributed by atoms with E-state index in [-0.39, 0.29) is 17.4 Å². The number of hydrogen-bond acceptors (Lipinski definition) is 3. The molecule has 7 heteroatoms. The van der Waals surface area contributed by atoms with Crippen molar-refractivity contribution in [3.05, 3.63) is 47.5 Å². The van der Waals surface area contributed by atoms with Gasteiger partial charge in [-0.3, -0.25) is 4.98 Å². The number of carbonyl (C=O) groups excluding carboxylic acids is 1. The summed E-state index contributed by atoms with van der Waals surface area (Å²) in [6, 6.07) is 4.83. The van der Waals surface area contributed by atoms with E-state index in [1.807, 2.05) is 12.1 Å². The summed E-state index contributed by atoms with van der Waals surface area (Å²) in [5.41, 5.74) is 1.83. The van der Waals surface area contributed by atoms with Crippen LogP contribution in [0.2, 0.25) is 0 Å². The summed E-state index contributed by atoms with van der Waals surface area (Å²) in [5.74, 6) is -1.12. The number of nitrogens with zero attached hydrogens (tertiary/aromatic N) is 2. The van der Waals surface area contributed by atoms with Crippen molar-refractivity contribution in [3.63, 3.8) is 0 Å². The minimum absolute atomic E-state index is 0.0295. The third kappa shape index (κ3) is 3.59. The summed E-state index contributed by atoms with van der Waals surface area (Å²) >= 11 is 0. The predicted molar refractivity (Wildman–Crippen MR) is 77.2 cm³/mol. The van der Waals surface area contributed by atoms with Crippen molar-refractivity contribution in [2.24, 2.45) is 0 Å². The molecule has 0 fully saturated rings. The van der Waals surface area contributed by atoms with Gasteiger partial charge in [-0.1, -0.05) is 0 Å². The molecule has 2 aromatic heterocycles. The number of aryl methyl sites for hydroxylation is 1. The summed E-state index contributed by atoms with van der Waals surface area (Å²) < 4.78 is 0. The van der Waals surface area contributed by atoms with Crippen LogP contribution in [0.4, 0.5) is 10.5 Å². The Hall–Kier alpha value is -2.83. The number of urea groups is 1. The average molecular weight is 288 g/mol. The first-order chi connectivity index (χ1) is 9.97. The molecule has 0 spiro atoms. The molecule has 0 bridgehead atoms.